The number of amides is 5. The molecule has 5 aromatic heterocycles. The molecule has 0 bridgehead atoms. The third-order valence-electron chi connectivity index (χ3n) is 18.3. The normalized spacial score (nSPS) is 10.6. The second-order valence-electron chi connectivity index (χ2n) is 28.3. The molecule has 0 spiro atoms. The number of aryl methyl sites for hydroxylation is 2. The maximum Gasteiger partial charge on any atom is 0.322 e. The van der Waals surface area contributed by atoms with Gasteiger partial charge in [-0.25, -0.2) is 4.39 Å². The van der Waals surface area contributed by atoms with Crippen molar-refractivity contribution in [3.05, 3.63) is 307 Å². The van der Waals surface area contributed by atoms with E-state index in [9.17, 15) is 102 Å². The van der Waals surface area contributed by atoms with Crippen LogP contribution >= 0.6 is 0 Å². The number of aromatic nitrogens is 5. The number of para-hydroxylation sites is 5. The van der Waals surface area contributed by atoms with E-state index in [4.69, 9.17) is 55.0 Å². The lowest BCUT2D eigenvalue weighted by Crippen LogP contribution is -2.38. The van der Waals surface area contributed by atoms with E-state index in [1.807, 2.05) is 50.4 Å². The molecule has 0 fully saturated rings. The van der Waals surface area contributed by atoms with Crippen molar-refractivity contribution in [2.24, 2.45) is 0 Å². The first-order valence-corrected chi connectivity index (χ1v) is 39.2. The number of nitrogens with one attached hydrogen (secondary N) is 5. The highest BCUT2D eigenvalue weighted by Crippen LogP contribution is 2.32. The van der Waals surface area contributed by atoms with E-state index in [2.05, 4.69) is 21.3 Å². The van der Waals surface area contributed by atoms with Crippen LogP contribution in [0.1, 0.15) is 112 Å². The van der Waals surface area contributed by atoms with Crippen LogP contribution in [0.4, 0.5) is 4.39 Å². The zero-order valence-corrected chi connectivity index (χ0v) is 70.2. The number of benzene rings is 8. The van der Waals surface area contributed by atoms with Gasteiger partial charge in [-0.15, -0.1) is 23.7 Å². The fraction of sp³-hybridized carbons (Fsp3) is 0.178. The number of fused-ring (bicyclic) bond motifs is 5. The molecule has 684 valence electrons. The van der Waals surface area contributed by atoms with Crippen LogP contribution in [0, 0.1) is 31.0 Å². The average Bonchev–Trinajstić information content (AvgIpc) is 0.779. The van der Waals surface area contributed by atoms with Gasteiger partial charge in [0.1, 0.15) is 99.8 Å². The molecular weight excluding hydrogens is 1730 g/mol. The lowest BCUT2D eigenvalue weighted by Gasteiger charge is -2.17. The molecule has 5 heterocycles. The van der Waals surface area contributed by atoms with Crippen LogP contribution in [0.15, 0.2) is 212 Å². The molecule has 42 heteroatoms. The molecular formula is C90H82FN11O30. The number of carbonyl (C=O) groups is 10. The highest BCUT2D eigenvalue weighted by Gasteiger charge is 2.30. The van der Waals surface area contributed by atoms with Gasteiger partial charge in [0, 0.05) is 26.9 Å². The SMILES string of the molecule is CC(C)On1c(=O)c(C(=O)NCC(=O)O)c(O)c2ccccc21.CCCOn1c(=O)c(C(=O)NCC(=O)O)c(O)c2ccccc21.Cc1cc(C)cc(COn2c(=O)c(C(=O)NCC(=O)O)c(O)c3ccccc32)c1.N#Cc1ccc(COn2c(=O)c(C(=O)NCC(=O)O)c(O)c3ccccc32)cc1.O=C(O)CNC(=O)c1c(O)c2ccccc2n(OCc2ccc(F)cc2)c1=O. The third-order valence-corrected chi connectivity index (χ3v) is 18.3. The number of hydrogen-bond acceptors (Lipinski definition) is 26. The second kappa shape index (κ2) is 44.7. The van der Waals surface area contributed by atoms with Crippen LogP contribution in [0.2, 0.25) is 0 Å². The Labute approximate surface area is 741 Å². The van der Waals surface area contributed by atoms with Gasteiger partial charge in [0.25, 0.3) is 57.3 Å². The predicted molar refractivity (Wildman–Crippen MR) is 467 cm³/mol. The Hall–Kier alpha value is -18.1. The average molecular weight is 1820 g/mol. The number of halogens is 1. The van der Waals surface area contributed by atoms with E-state index in [0.29, 0.717) is 34.1 Å². The number of nitrogens with zero attached hydrogens (tertiary/aromatic N) is 6. The van der Waals surface area contributed by atoms with Crippen molar-refractivity contribution in [3.8, 4) is 34.8 Å². The van der Waals surface area contributed by atoms with Gasteiger partial charge >= 0.3 is 29.8 Å². The molecule has 0 unspecified atom stereocenters. The van der Waals surface area contributed by atoms with E-state index >= 15 is 0 Å². The van der Waals surface area contributed by atoms with Gasteiger partial charge < -0.3 is 102 Å². The fourth-order valence-electron chi connectivity index (χ4n) is 12.6. The molecule has 5 amide bonds. The van der Waals surface area contributed by atoms with E-state index < -0.39 is 182 Å². The molecule has 13 aromatic rings. The summed E-state index contributed by atoms with van der Waals surface area (Å²) >= 11 is 0. The topological polar surface area (TPSA) is 613 Å². The number of rotatable bonds is 29. The maximum atomic E-state index is 13.0. The number of carbonyl (C=O) groups excluding carboxylic acids is 5. The Bertz CT molecular complexity index is 7000. The number of hydrogen-bond donors (Lipinski definition) is 15. The summed E-state index contributed by atoms with van der Waals surface area (Å²) in [4.78, 5) is 205. The quantitative estimate of drug-likeness (QED) is 0.0299. The Morgan fingerprint density at radius 2 is 0.598 bits per heavy atom. The molecule has 8 aromatic carbocycles. The van der Waals surface area contributed by atoms with Crippen molar-refractivity contribution in [1.29, 1.82) is 5.26 Å². The molecule has 15 N–H and O–H groups in total. The van der Waals surface area contributed by atoms with E-state index in [1.54, 1.807) is 117 Å². The minimum atomic E-state index is -1.30. The standard InChI is InChI=1S/C21H20N2O6.C20H15N3O6.C19H15FN2O6.2C15H16N2O6/c1-12-7-13(2)9-14(8-12)11-29-23-16-6-4-3-5-15(16)19(26)18(21(23)28)20(27)22-10-17(24)25;21-9-12-5-7-13(8-6-12)11-29-23-15-4-2-1-3-14(15)18(26)17(20(23)28)19(27)22-10-16(24)25;20-12-7-5-11(6-8-12)10-28-22-14-4-2-1-3-13(14)17(25)16(19(22)27)18(26)21-9-15(23)24;1-8(2)23-17-10-6-4-3-5-9(10)13(20)12(15(17)22)14(21)16-7-11(18)19;1-2-7-23-17-10-6-4-3-5-9(10)13(20)12(15(17)22)14(21)16-8-11(18)19/h3-9,26H,10-11H2,1-2H3,(H,22,27)(H,24,25);1-8,26H,10-11H2,(H,22,27)(H,24,25);1-8,25H,9-10H2,(H,21,26)(H,23,24);3-6,8,20H,7H2,1-2H3,(H,16,21)(H,18,19);3-6,20H,2,7-8H2,1H3,(H,16,21)(H,18,19). The monoisotopic (exact) mass is 1820 g/mol. The van der Waals surface area contributed by atoms with Crippen LogP contribution in [-0.4, -0.2) is 180 Å². The molecule has 0 saturated heterocycles. The van der Waals surface area contributed by atoms with Crippen LogP contribution < -0.4 is 78.6 Å². The summed E-state index contributed by atoms with van der Waals surface area (Å²) in [6, 6.07) is 51.5. The van der Waals surface area contributed by atoms with Crippen LogP contribution in [0.5, 0.6) is 28.7 Å². The van der Waals surface area contributed by atoms with Gasteiger partial charge in [-0.05, 0) is 136 Å². The molecule has 41 nitrogen and oxygen atoms in total. The number of nitriles is 1. The van der Waals surface area contributed by atoms with Crippen molar-refractivity contribution < 1.29 is 128 Å². The zero-order valence-electron chi connectivity index (χ0n) is 70.2. The van der Waals surface area contributed by atoms with Gasteiger partial charge in [0.05, 0.1) is 39.2 Å². The van der Waals surface area contributed by atoms with Gasteiger partial charge in [0.2, 0.25) is 0 Å². The number of aliphatic carboxylic acids is 5. The first-order chi connectivity index (χ1) is 62.9. The summed E-state index contributed by atoms with van der Waals surface area (Å²) in [6.07, 6.45) is 0.290. The van der Waals surface area contributed by atoms with Crippen LogP contribution in [0.25, 0.3) is 54.5 Å². The first-order valence-electron chi connectivity index (χ1n) is 39.2. The van der Waals surface area contributed by atoms with Crippen molar-refractivity contribution in [3.63, 3.8) is 0 Å². The summed E-state index contributed by atoms with van der Waals surface area (Å²) in [7, 11) is 0. The van der Waals surface area contributed by atoms with Crippen LogP contribution in [-0.2, 0) is 43.8 Å². The Morgan fingerprint density at radius 1 is 0.356 bits per heavy atom. The molecule has 0 aliphatic rings. The summed E-state index contributed by atoms with van der Waals surface area (Å²) in [5, 5.41) is 115. The summed E-state index contributed by atoms with van der Waals surface area (Å²) in [5.41, 5.74) is -1.45. The summed E-state index contributed by atoms with van der Waals surface area (Å²) < 4.78 is 17.6. The minimum absolute atomic E-state index is 0.0451. The van der Waals surface area contributed by atoms with Crippen molar-refractivity contribution in [1.82, 2.24) is 50.2 Å². The van der Waals surface area contributed by atoms with Gasteiger partial charge in [0.15, 0.2) is 27.8 Å². The summed E-state index contributed by atoms with van der Waals surface area (Å²) in [6.45, 7) is 5.86. The molecule has 0 atom stereocenters. The first kappa shape index (κ1) is 97.7. The number of aromatic hydroxyl groups is 5. The van der Waals surface area contributed by atoms with E-state index in [1.165, 1.54) is 66.7 Å². The Morgan fingerprint density at radius 3 is 0.856 bits per heavy atom. The Kier molecular flexibility index (Phi) is 33.1. The van der Waals surface area contributed by atoms with Gasteiger partial charge in [-0.3, -0.25) is 71.9 Å². The smallest absolute Gasteiger partial charge is 0.322 e. The predicted octanol–water partition coefficient (Wildman–Crippen LogP) is 4.80. The van der Waals surface area contributed by atoms with Crippen molar-refractivity contribution >= 4 is 114 Å². The highest BCUT2D eigenvalue weighted by atomic mass is 19.1. The number of pyridine rings is 5. The van der Waals surface area contributed by atoms with Crippen LogP contribution in [0.3, 0.4) is 0 Å². The second-order valence-corrected chi connectivity index (χ2v) is 28.3. The third kappa shape index (κ3) is 24.1. The van der Waals surface area contributed by atoms with Crippen molar-refractivity contribution in [2.45, 2.75) is 67.0 Å². The van der Waals surface area contributed by atoms with Crippen molar-refractivity contribution in [2.75, 3.05) is 39.3 Å². The zero-order chi connectivity index (χ0) is 96.5. The maximum absolute atomic E-state index is 13.0. The molecule has 0 aliphatic carbocycles. The molecule has 132 heavy (non-hydrogen) atoms. The molecule has 0 saturated carbocycles. The highest BCUT2D eigenvalue weighted by molar-refractivity contribution is 6.07. The lowest BCUT2D eigenvalue weighted by molar-refractivity contribution is -0.136. The molecule has 13 rings (SSSR count). The van der Waals surface area contributed by atoms with Gasteiger partial charge in [-0.2, -0.15) is 5.26 Å². The van der Waals surface area contributed by atoms with Gasteiger partial charge in [-0.1, -0.05) is 121 Å². The molecule has 0 radical (unpaired) electrons. The fourth-order valence-corrected chi connectivity index (χ4v) is 12.6. The van der Waals surface area contributed by atoms with E-state index in [-0.39, 0.29) is 76.0 Å². The lowest BCUT2D eigenvalue weighted by atomic mass is 10.1. The number of carboxylic acids is 5. The van der Waals surface area contributed by atoms with E-state index in [0.717, 1.165) is 40.3 Å². The largest absolute Gasteiger partial charge is 0.506 e. The molecule has 0 aliphatic heterocycles. The minimum Gasteiger partial charge on any atom is -0.506 e. The summed E-state index contributed by atoms with van der Waals surface area (Å²) in [5.74, 6) is -14.6. The number of carboxylic acid groups (broad SMARTS) is 5. The Balaban J connectivity index is 0.000000186.